The summed E-state index contributed by atoms with van der Waals surface area (Å²) >= 11 is 0. The molecule has 1 aliphatic carbocycles. The molecule has 1 aromatic carbocycles. The molecular formula is C16H25N. The Balaban J connectivity index is 2.13. The standard InChI is InChI=1S/C16H25N/c1-12-5-6-14(9-13(12)2)10-16(17)8-7-15(3,4)11-16/h5-6,9H,7-8,10-11,17H2,1-4H3. The van der Waals surface area contributed by atoms with Gasteiger partial charge in [0.2, 0.25) is 0 Å². The normalized spacial score (nSPS) is 27.4. The highest BCUT2D eigenvalue weighted by Gasteiger charge is 2.40. The maximum absolute atomic E-state index is 6.55. The van der Waals surface area contributed by atoms with Crippen LogP contribution in [0.25, 0.3) is 0 Å². The summed E-state index contributed by atoms with van der Waals surface area (Å²) < 4.78 is 0. The minimum Gasteiger partial charge on any atom is -0.325 e. The number of nitrogens with two attached hydrogens (primary N) is 1. The Hall–Kier alpha value is -0.820. The molecule has 1 nitrogen and oxygen atoms in total. The lowest BCUT2D eigenvalue weighted by atomic mass is 9.84. The third kappa shape index (κ3) is 2.90. The minimum absolute atomic E-state index is 0.0190. The molecule has 0 aromatic heterocycles. The Morgan fingerprint density at radius 1 is 1.12 bits per heavy atom. The van der Waals surface area contributed by atoms with E-state index >= 15 is 0 Å². The van der Waals surface area contributed by atoms with Crippen LogP contribution in [0.1, 0.15) is 49.8 Å². The summed E-state index contributed by atoms with van der Waals surface area (Å²) in [4.78, 5) is 0. The first-order valence-corrected chi connectivity index (χ1v) is 6.65. The first-order valence-electron chi connectivity index (χ1n) is 6.65. The number of aryl methyl sites for hydroxylation is 2. The van der Waals surface area contributed by atoms with E-state index in [0.29, 0.717) is 5.41 Å². The van der Waals surface area contributed by atoms with E-state index in [4.69, 9.17) is 5.73 Å². The fourth-order valence-electron chi connectivity index (χ4n) is 3.19. The molecule has 0 bridgehead atoms. The number of benzene rings is 1. The summed E-state index contributed by atoms with van der Waals surface area (Å²) in [7, 11) is 0. The van der Waals surface area contributed by atoms with Crippen molar-refractivity contribution in [2.75, 3.05) is 0 Å². The lowest BCUT2D eigenvalue weighted by molar-refractivity contribution is 0.334. The highest BCUT2D eigenvalue weighted by atomic mass is 14.8. The fraction of sp³-hybridized carbons (Fsp3) is 0.625. The summed E-state index contributed by atoms with van der Waals surface area (Å²) in [6.45, 7) is 9.01. The van der Waals surface area contributed by atoms with Crippen LogP contribution in [0.2, 0.25) is 0 Å². The van der Waals surface area contributed by atoms with Gasteiger partial charge < -0.3 is 5.73 Å². The zero-order valence-electron chi connectivity index (χ0n) is 11.6. The van der Waals surface area contributed by atoms with Crippen LogP contribution in [0.3, 0.4) is 0 Å². The molecule has 0 radical (unpaired) electrons. The van der Waals surface area contributed by atoms with E-state index < -0.39 is 0 Å². The van der Waals surface area contributed by atoms with Crippen molar-refractivity contribution in [3.05, 3.63) is 34.9 Å². The Morgan fingerprint density at radius 2 is 1.82 bits per heavy atom. The van der Waals surface area contributed by atoms with E-state index in [1.165, 1.54) is 23.1 Å². The highest BCUT2D eigenvalue weighted by molar-refractivity contribution is 5.31. The molecule has 94 valence electrons. The maximum Gasteiger partial charge on any atom is 0.0200 e. The Morgan fingerprint density at radius 3 is 2.35 bits per heavy atom. The Kier molecular flexibility index (Phi) is 3.07. The van der Waals surface area contributed by atoms with Gasteiger partial charge in [-0.25, -0.2) is 0 Å². The Labute approximate surface area is 105 Å². The first kappa shape index (κ1) is 12.6. The van der Waals surface area contributed by atoms with Gasteiger partial charge in [0.25, 0.3) is 0 Å². The van der Waals surface area contributed by atoms with E-state index in [1.54, 1.807) is 0 Å². The third-order valence-corrected chi connectivity index (χ3v) is 4.26. The van der Waals surface area contributed by atoms with Gasteiger partial charge in [0.15, 0.2) is 0 Å². The summed E-state index contributed by atoms with van der Waals surface area (Å²) in [6, 6.07) is 6.76. The van der Waals surface area contributed by atoms with Crippen molar-refractivity contribution in [2.45, 2.75) is 58.9 Å². The molecule has 0 heterocycles. The first-order chi connectivity index (χ1) is 7.80. The number of hydrogen-bond acceptors (Lipinski definition) is 1. The van der Waals surface area contributed by atoms with Crippen molar-refractivity contribution in [3.8, 4) is 0 Å². The average molecular weight is 231 g/mol. The van der Waals surface area contributed by atoms with Crippen molar-refractivity contribution < 1.29 is 0 Å². The Bertz CT molecular complexity index is 420. The molecule has 1 heteroatoms. The molecule has 1 atom stereocenters. The highest BCUT2D eigenvalue weighted by Crippen LogP contribution is 2.43. The van der Waals surface area contributed by atoms with Gasteiger partial charge in [0.1, 0.15) is 0 Å². The largest absolute Gasteiger partial charge is 0.325 e. The molecule has 0 aliphatic heterocycles. The van der Waals surface area contributed by atoms with Gasteiger partial charge >= 0.3 is 0 Å². The molecule has 1 aromatic rings. The molecule has 17 heavy (non-hydrogen) atoms. The van der Waals surface area contributed by atoms with E-state index in [1.807, 2.05) is 0 Å². The summed E-state index contributed by atoms with van der Waals surface area (Å²) in [5.74, 6) is 0. The fourth-order valence-corrected chi connectivity index (χ4v) is 3.19. The zero-order valence-corrected chi connectivity index (χ0v) is 11.6. The van der Waals surface area contributed by atoms with Gasteiger partial charge in [0, 0.05) is 5.54 Å². The summed E-state index contributed by atoms with van der Waals surface area (Å²) in [5.41, 5.74) is 11.1. The number of rotatable bonds is 2. The molecule has 1 aliphatic rings. The van der Waals surface area contributed by atoms with E-state index in [2.05, 4.69) is 45.9 Å². The van der Waals surface area contributed by atoms with E-state index in [9.17, 15) is 0 Å². The predicted molar refractivity (Wildman–Crippen MR) is 74.2 cm³/mol. The molecule has 2 N–H and O–H groups in total. The van der Waals surface area contributed by atoms with Gasteiger partial charge in [-0.15, -0.1) is 0 Å². The second kappa shape index (κ2) is 4.13. The molecule has 0 spiro atoms. The third-order valence-electron chi connectivity index (χ3n) is 4.26. The van der Waals surface area contributed by atoms with Gasteiger partial charge in [-0.05, 0) is 61.6 Å². The van der Waals surface area contributed by atoms with Gasteiger partial charge in [-0.2, -0.15) is 0 Å². The minimum atomic E-state index is 0.0190. The van der Waals surface area contributed by atoms with E-state index in [-0.39, 0.29) is 5.54 Å². The van der Waals surface area contributed by atoms with Crippen LogP contribution >= 0.6 is 0 Å². The van der Waals surface area contributed by atoms with Crippen molar-refractivity contribution >= 4 is 0 Å². The second-order valence-corrected chi connectivity index (χ2v) is 6.80. The molecule has 2 rings (SSSR count). The topological polar surface area (TPSA) is 26.0 Å². The lowest BCUT2D eigenvalue weighted by Gasteiger charge is -2.27. The van der Waals surface area contributed by atoms with Gasteiger partial charge in [-0.1, -0.05) is 32.0 Å². The number of hydrogen-bond donors (Lipinski definition) is 1. The predicted octanol–water partition coefficient (Wildman–Crippen LogP) is 3.75. The van der Waals surface area contributed by atoms with Crippen LogP contribution < -0.4 is 5.73 Å². The van der Waals surface area contributed by atoms with Crippen molar-refractivity contribution in [3.63, 3.8) is 0 Å². The summed E-state index contributed by atoms with van der Waals surface area (Å²) in [5, 5.41) is 0. The average Bonchev–Trinajstić information content (AvgIpc) is 2.47. The molecule has 1 saturated carbocycles. The van der Waals surface area contributed by atoms with Crippen LogP contribution in [0.5, 0.6) is 0 Å². The van der Waals surface area contributed by atoms with Gasteiger partial charge in [-0.3, -0.25) is 0 Å². The van der Waals surface area contributed by atoms with Crippen molar-refractivity contribution in [2.24, 2.45) is 11.1 Å². The van der Waals surface area contributed by atoms with Crippen LogP contribution in [0.4, 0.5) is 0 Å². The monoisotopic (exact) mass is 231 g/mol. The maximum atomic E-state index is 6.55. The molecule has 0 amide bonds. The van der Waals surface area contributed by atoms with Crippen LogP contribution in [-0.2, 0) is 6.42 Å². The quantitative estimate of drug-likeness (QED) is 0.824. The van der Waals surface area contributed by atoms with Crippen molar-refractivity contribution in [1.82, 2.24) is 0 Å². The van der Waals surface area contributed by atoms with Crippen LogP contribution in [0, 0.1) is 19.3 Å². The smallest absolute Gasteiger partial charge is 0.0200 e. The van der Waals surface area contributed by atoms with Gasteiger partial charge in [0.05, 0.1) is 0 Å². The SMILES string of the molecule is Cc1ccc(CC2(N)CCC(C)(C)C2)cc1C. The lowest BCUT2D eigenvalue weighted by Crippen LogP contribution is -2.40. The molecular weight excluding hydrogens is 206 g/mol. The van der Waals surface area contributed by atoms with Crippen LogP contribution in [0.15, 0.2) is 18.2 Å². The van der Waals surface area contributed by atoms with E-state index in [0.717, 1.165) is 19.3 Å². The molecule has 1 unspecified atom stereocenters. The zero-order chi connectivity index (χ0) is 12.7. The second-order valence-electron chi connectivity index (χ2n) is 6.80. The van der Waals surface area contributed by atoms with Crippen LogP contribution in [-0.4, -0.2) is 5.54 Å². The molecule has 1 fully saturated rings. The molecule has 0 saturated heterocycles. The summed E-state index contributed by atoms with van der Waals surface area (Å²) in [6.07, 6.45) is 4.59. The van der Waals surface area contributed by atoms with Crippen molar-refractivity contribution in [1.29, 1.82) is 0 Å².